The Morgan fingerprint density at radius 1 is 1.35 bits per heavy atom. The maximum absolute atomic E-state index is 12.4. The number of aryl methyl sites for hydroxylation is 1. The highest BCUT2D eigenvalue weighted by Gasteiger charge is 2.46. The fourth-order valence-corrected chi connectivity index (χ4v) is 4.27. The molecule has 3 heterocycles. The third-order valence-corrected chi connectivity index (χ3v) is 6.05. The second kappa shape index (κ2) is 7.00. The molecule has 0 spiro atoms. The molecule has 1 fully saturated rings. The number of hydrazone groups is 1. The summed E-state index contributed by atoms with van der Waals surface area (Å²) in [5.74, 6) is 1.24. The maximum atomic E-state index is 12.4. The number of carbonyl (C=O) groups is 2. The molecule has 1 saturated heterocycles. The molecule has 1 aromatic rings. The molecule has 31 heavy (non-hydrogen) atoms. The molecule has 1 unspecified atom stereocenters. The van der Waals surface area contributed by atoms with Crippen LogP contribution in [0.2, 0.25) is 0 Å². The Morgan fingerprint density at radius 2 is 2.03 bits per heavy atom. The van der Waals surface area contributed by atoms with E-state index < -0.39 is 5.60 Å². The van der Waals surface area contributed by atoms with Crippen molar-refractivity contribution in [1.29, 1.82) is 0 Å². The van der Waals surface area contributed by atoms with Gasteiger partial charge in [0.1, 0.15) is 24.0 Å². The molecule has 166 valence electrons. The summed E-state index contributed by atoms with van der Waals surface area (Å²) in [5, 5.41) is 4.15. The van der Waals surface area contributed by atoms with Crippen LogP contribution in [0.25, 0.3) is 5.57 Å². The number of likely N-dealkylation sites (tertiary alicyclic amines) is 1. The number of nitrogens with one attached hydrogen (secondary N) is 1. The van der Waals surface area contributed by atoms with Crippen molar-refractivity contribution in [3.05, 3.63) is 29.8 Å². The van der Waals surface area contributed by atoms with Gasteiger partial charge >= 0.3 is 6.09 Å². The molecule has 8 heteroatoms. The lowest BCUT2D eigenvalue weighted by molar-refractivity contribution is -0.122. The Morgan fingerprint density at radius 3 is 2.68 bits per heavy atom. The second-order valence-electron chi connectivity index (χ2n) is 9.85. The zero-order valence-electron chi connectivity index (χ0n) is 19.0. The van der Waals surface area contributed by atoms with Gasteiger partial charge in [0, 0.05) is 18.5 Å². The van der Waals surface area contributed by atoms with E-state index in [2.05, 4.69) is 24.0 Å². The number of hydrogen-bond donors (Lipinski definition) is 1. The Bertz CT molecular complexity index is 1000. The summed E-state index contributed by atoms with van der Waals surface area (Å²) >= 11 is 0. The van der Waals surface area contributed by atoms with Crippen molar-refractivity contribution in [2.45, 2.75) is 53.2 Å². The van der Waals surface area contributed by atoms with Gasteiger partial charge < -0.3 is 19.3 Å². The molecular weight excluding hydrogens is 396 g/mol. The molecule has 0 bridgehead atoms. The number of ether oxygens (including phenoxy) is 2. The highest BCUT2D eigenvalue weighted by Crippen LogP contribution is 2.46. The molecule has 4 rings (SSSR count). The lowest BCUT2D eigenvalue weighted by atomic mass is 9.72. The fraction of sp³-hybridized carbons (Fsp3) is 0.522. The molecule has 0 saturated carbocycles. The van der Waals surface area contributed by atoms with Crippen LogP contribution in [0, 0.1) is 12.3 Å². The molecule has 1 atom stereocenters. The Kier molecular flexibility index (Phi) is 4.79. The molecule has 2 amide bonds. The number of anilines is 1. The van der Waals surface area contributed by atoms with Gasteiger partial charge in [-0.25, -0.2) is 10.2 Å². The lowest BCUT2D eigenvalue weighted by Crippen LogP contribution is -2.58. The van der Waals surface area contributed by atoms with E-state index in [0.717, 1.165) is 28.1 Å². The van der Waals surface area contributed by atoms with E-state index in [1.54, 1.807) is 4.90 Å². The van der Waals surface area contributed by atoms with E-state index in [4.69, 9.17) is 9.47 Å². The summed E-state index contributed by atoms with van der Waals surface area (Å²) in [4.78, 5) is 28.2. The normalized spacial score (nSPS) is 21.7. The van der Waals surface area contributed by atoms with E-state index in [1.807, 2.05) is 51.7 Å². The van der Waals surface area contributed by atoms with Crippen molar-refractivity contribution in [3.8, 4) is 5.75 Å². The third-order valence-electron chi connectivity index (χ3n) is 6.05. The Balaban J connectivity index is 1.59. The number of fused-ring (bicyclic) bond motifs is 3. The van der Waals surface area contributed by atoms with E-state index >= 15 is 0 Å². The largest absolute Gasteiger partial charge is 0.483 e. The standard InChI is InChI=1S/C23H30N4O4/c1-13-8-18-17(27-15(3)20(28)25-24-19(27)10-30-18)9-16(13)14(2)23(7)11-26(12-23)21(29)31-22(4,5)6/h8-9,15H,2,10-12H2,1,3-7H3,(H,25,28). The van der Waals surface area contributed by atoms with Crippen molar-refractivity contribution in [3.63, 3.8) is 0 Å². The molecule has 0 radical (unpaired) electrons. The molecule has 0 aliphatic carbocycles. The van der Waals surface area contributed by atoms with Crippen LogP contribution in [0.4, 0.5) is 10.5 Å². The smallest absolute Gasteiger partial charge is 0.410 e. The fourth-order valence-electron chi connectivity index (χ4n) is 4.27. The van der Waals surface area contributed by atoms with Gasteiger partial charge in [0.25, 0.3) is 5.91 Å². The minimum Gasteiger partial charge on any atom is -0.483 e. The minimum atomic E-state index is -0.522. The van der Waals surface area contributed by atoms with Crippen molar-refractivity contribution in [2.24, 2.45) is 10.5 Å². The van der Waals surface area contributed by atoms with Crippen molar-refractivity contribution in [1.82, 2.24) is 10.3 Å². The van der Waals surface area contributed by atoms with Gasteiger partial charge in [0.05, 0.1) is 5.69 Å². The first-order valence-electron chi connectivity index (χ1n) is 10.5. The number of nitrogens with zero attached hydrogens (tertiary/aromatic N) is 3. The van der Waals surface area contributed by atoms with Gasteiger partial charge in [-0.1, -0.05) is 13.5 Å². The highest BCUT2D eigenvalue weighted by molar-refractivity contribution is 6.09. The Labute approximate surface area is 182 Å². The SMILES string of the molecule is C=C(c1cc2c(cc1C)OCC1=NNC(=O)C(C)N12)C1(C)CN(C(=O)OC(C)(C)C)C1. The molecule has 8 nitrogen and oxygen atoms in total. The van der Waals surface area contributed by atoms with Gasteiger partial charge in [-0.3, -0.25) is 4.79 Å². The van der Waals surface area contributed by atoms with Crippen LogP contribution < -0.4 is 15.1 Å². The number of hydrogen-bond acceptors (Lipinski definition) is 6. The summed E-state index contributed by atoms with van der Waals surface area (Å²) in [6.45, 7) is 17.3. The first kappa shape index (κ1) is 21.2. The van der Waals surface area contributed by atoms with Crippen LogP contribution >= 0.6 is 0 Å². The number of rotatable bonds is 2. The third kappa shape index (κ3) is 3.64. The van der Waals surface area contributed by atoms with E-state index in [-0.39, 0.29) is 23.5 Å². The van der Waals surface area contributed by atoms with Gasteiger partial charge in [-0.15, -0.1) is 0 Å². The second-order valence-corrected chi connectivity index (χ2v) is 9.85. The molecule has 1 N–H and O–H groups in total. The predicted molar refractivity (Wildman–Crippen MR) is 119 cm³/mol. The van der Waals surface area contributed by atoms with Crippen LogP contribution in [0.15, 0.2) is 23.8 Å². The summed E-state index contributed by atoms with van der Waals surface area (Å²) in [6, 6.07) is 3.62. The van der Waals surface area contributed by atoms with Crippen LogP contribution in [0.3, 0.4) is 0 Å². The van der Waals surface area contributed by atoms with Gasteiger partial charge in [-0.2, -0.15) is 5.10 Å². The molecule has 1 aromatic carbocycles. The average Bonchev–Trinajstić information content (AvgIpc) is 2.65. The van der Waals surface area contributed by atoms with Gasteiger partial charge in [-0.05, 0) is 63.5 Å². The van der Waals surface area contributed by atoms with Crippen molar-refractivity contribution < 1.29 is 19.1 Å². The number of amidine groups is 1. The first-order chi connectivity index (χ1) is 14.4. The number of carbonyl (C=O) groups excluding carboxylic acids is 2. The molecule has 3 aliphatic heterocycles. The van der Waals surface area contributed by atoms with Gasteiger partial charge in [0.15, 0.2) is 5.84 Å². The van der Waals surface area contributed by atoms with E-state index in [0.29, 0.717) is 25.5 Å². The average molecular weight is 427 g/mol. The monoisotopic (exact) mass is 426 g/mol. The van der Waals surface area contributed by atoms with Crippen LogP contribution in [0.1, 0.15) is 45.7 Å². The van der Waals surface area contributed by atoms with E-state index in [9.17, 15) is 9.59 Å². The summed E-state index contributed by atoms with van der Waals surface area (Å²) in [7, 11) is 0. The maximum Gasteiger partial charge on any atom is 0.410 e. The number of benzene rings is 1. The molecule has 3 aliphatic rings. The van der Waals surface area contributed by atoms with Crippen LogP contribution in [0.5, 0.6) is 5.75 Å². The van der Waals surface area contributed by atoms with Crippen molar-refractivity contribution in [2.75, 3.05) is 24.6 Å². The highest BCUT2D eigenvalue weighted by atomic mass is 16.6. The summed E-state index contributed by atoms with van der Waals surface area (Å²) in [5.41, 5.74) is 5.55. The topological polar surface area (TPSA) is 83.5 Å². The van der Waals surface area contributed by atoms with E-state index in [1.165, 1.54) is 0 Å². The molecular formula is C23H30N4O4. The first-order valence-corrected chi connectivity index (χ1v) is 10.5. The molecule has 0 aromatic heterocycles. The summed E-state index contributed by atoms with van der Waals surface area (Å²) in [6.07, 6.45) is -0.303. The summed E-state index contributed by atoms with van der Waals surface area (Å²) < 4.78 is 11.4. The van der Waals surface area contributed by atoms with Crippen LogP contribution in [-0.2, 0) is 9.53 Å². The van der Waals surface area contributed by atoms with Crippen LogP contribution in [-0.4, -0.2) is 54.1 Å². The zero-order chi connectivity index (χ0) is 22.7. The van der Waals surface area contributed by atoms with Crippen molar-refractivity contribution >= 4 is 29.1 Å². The lowest BCUT2D eigenvalue weighted by Gasteiger charge is -2.49. The number of amides is 2. The quantitative estimate of drug-likeness (QED) is 0.785. The minimum absolute atomic E-state index is 0.156. The van der Waals surface area contributed by atoms with Gasteiger partial charge in [0.2, 0.25) is 0 Å². The predicted octanol–water partition coefficient (Wildman–Crippen LogP) is 3.30. The Hall–Kier alpha value is -3.03. The zero-order valence-corrected chi connectivity index (χ0v) is 19.0.